The second kappa shape index (κ2) is 10.1. The smallest absolute Gasteiger partial charge is 0.343 e. The lowest BCUT2D eigenvalue weighted by Crippen LogP contribution is -2.53. The highest BCUT2D eigenvalue weighted by molar-refractivity contribution is 8.01. The van der Waals surface area contributed by atoms with Crippen molar-refractivity contribution in [3.8, 4) is 11.4 Å². The van der Waals surface area contributed by atoms with Gasteiger partial charge in [-0.1, -0.05) is 20.8 Å². The fourth-order valence-corrected chi connectivity index (χ4v) is 9.09. The molecule has 1 aromatic carbocycles. The summed E-state index contributed by atoms with van der Waals surface area (Å²) in [6, 6.07) is 2.25. The van der Waals surface area contributed by atoms with Crippen LogP contribution in [0.4, 0.5) is 4.39 Å². The highest BCUT2D eigenvalue weighted by Gasteiger charge is 2.46. The Morgan fingerprint density at radius 3 is 2.60 bits per heavy atom. The van der Waals surface area contributed by atoms with Crippen molar-refractivity contribution in [2.24, 2.45) is 17.4 Å². The number of carbonyl (C=O) groups is 2. The van der Waals surface area contributed by atoms with Crippen LogP contribution in [0.15, 0.2) is 16.9 Å². The lowest BCUT2D eigenvalue weighted by atomic mass is 9.75. The van der Waals surface area contributed by atoms with Gasteiger partial charge in [-0.05, 0) is 73.5 Å². The molecular formula is C32H37FN4O5S. The number of nitrogens with zero attached hydrogens (tertiary/aromatic N) is 2. The Hall–Kier alpha value is -3.28. The Kier molecular flexibility index (Phi) is 7.02. The van der Waals surface area contributed by atoms with Crippen LogP contribution in [-0.2, 0) is 45.9 Å². The fraction of sp³-hybridized carbons (Fsp3) is 0.500. The summed E-state index contributed by atoms with van der Waals surface area (Å²) in [6.07, 6.45) is 1.85. The molecule has 228 valence electrons. The summed E-state index contributed by atoms with van der Waals surface area (Å²) in [7, 11) is 0. The maximum atomic E-state index is 15.4. The van der Waals surface area contributed by atoms with E-state index in [2.05, 4.69) is 13.8 Å². The number of benzene rings is 1. The molecule has 11 heteroatoms. The molecule has 2 aliphatic heterocycles. The second-order valence-corrected chi connectivity index (χ2v) is 14.8. The van der Waals surface area contributed by atoms with E-state index in [0.29, 0.717) is 41.7 Å². The van der Waals surface area contributed by atoms with Crippen LogP contribution in [0.2, 0.25) is 0 Å². The number of pyridine rings is 2. The zero-order valence-corrected chi connectivity index (χ0v) is 25.9. The minimum Gasteiger partial charge on any atom is -0.458 e. The van der Waals surface area contributed by atoms with Gasteiger partial charge in [0.15, 0.2) is 5.60 Å². The summed E-state index contributed by atoms with van der Waals surface area (Å²) in [6.45, 7) is 9.57. The normalized spacial score (nSPS) is 22.5. The molecule has 0 spiro atoms. The van der Waals surface area contributed by atoms with Gasteiger partial charge >= 0.3 is 5.97 Å². The first-order valence-electron chi connectivity index (χ1n) is 14.7. The molecule has 0 radical (unpaired) electrons. The number of thioether (sulfide) groups is 1. The fourth-order valence-electron chi connectivity index (χ4n) is 7.42. The van der Waals surface area contributed by atoms with E-state index in [1.54, 1.807) is 36.2 Å². The molecular weight excluding hydrogens is 571 g/mol. The SMILES string of the molecule is CC[C@@]1(O)C(=O)OCc2c1cc1n(c2=O)Cc2c-1nc1cc(F)c(C)c3c1c2CC(CC(C)(SC(C)C)[C@@H](N)C(N)=O)C3. The van der Waals surface area contributed by atoms with Crippen molar-refractivity contribution >= 4 is 34.5 Å². The first kappa shape index (κ1) is 29.8. The molecule has 3 aliphatic rings. The Bertz CT molecular complexity index is 1790. The van der Waals surface area contributed by atoms with Crippen LogP contribution in [0.25, 0.3) is 22.3 Å². The van der Waals surface area contributed by atoms with Gasteiger partial charge in [0.2, 0.25) is 5.91 Å². The Morgan fingerprint density at radius 1 is 1.26 bits per heavy atom. The minimum absolute atomic E-state index is 0.0224. The number of esters is 1. The van der Waals surface area contributed by atoms with Crippen LogP contribution in [0.3, 0.4) is 0 Å². The molecule has 0 saturated carbocycles. The Labute approximate surface area is 253 Å². The zero-order valence-electron chi connectivity index (χ0n) is 25.0. The van der Waals surface area contributed by atoms with Gasteiger partial charge in [0, 0.05) is 27.3 Å². The Balaban J connectivity index is 1.53. The van der Waals surface area contributed by atoms with Gasteiger partial charge in [0.25, 0.3) is 5.56 Å². The summed E-state index contributed by atoms with van der Waals surface area (Å²) in [5, 5.41) is 12.3. The molecule has 9 nitrogen and oxygen atoms in total. The van der Waals surface area contributed by atoms with Crippen molar-refractivity contribution in [1.29, 1.82) is 0 Å². The number of nitrogens with two attached hydrogens (primary N) is 2. The van der Waals surface area contributed by atoms with E-state index in [1.165, 1.54) is 6.07 Å². The molecule has 0 fully saturated rings. The molecule has 0 saturated heterocycles. The third-order valence-electron chi connectivity index (χ3n) is 9.57. The average Bonchev–Trinajstić information content (AvgIpc) is 3.32. The largest absolute Gasteiger partial charge is 0.458 e. The first-order valence-corrected chi connectivity index (χ1v) is 15.6. The van der Waals surface area contributed by atoms with Gasteiger partial charge < -0.3 is 25.9 Å². The number of hydrogen-bond donors (Lipinski definition) is 3. The third kappa shape index (κ3) is 4.42. The highest BCUT2D eigenvalue weighted by Crippen LogP contribution is 2.47. The number of cyclic esters (lactones) is 1. The molecule has 4 atom stereocenters. The number of aromatic nitrogens is 2. The van der Waals surface area contributed by atoms with E-state index in [4.69, 9.17) is 21.2 Å². The van der Waals surface area contributed by atoms with Crippen molar-refractivity contribution < 1.29 is 23.8 Å². The number of halogens is 1. The minimum atomic E-state index is -1.94. The number of fused-ring (bicyclic) bond motifs is 5. The van der Waals surface area contributed by atoms with Crippen LogP contribution < -0.4 is 17.0 Å². The van der Waals surface area contributed by atoms with Gasteiger partial charge in [-0.2, -0.15) is 11.8 Å². The third-order valence-corrected chi connectivity index (χ3v) is 11.0. The number of primary amides is 1. The molecule has 43 heavy (non-hydrogen) atoms. The van der Waals surface area contributed by atoms with Crippen LogP contribution in [0.1, 0.15) is 73.9 Å². The molecule has 5 N–H and O–H groups in total. The maximum Gasteiger partial charge on any atom is 0.343 e. The summed E-state index contributed by atoms with van der Waals surface area (Å²) in [5.74, 6) is -1.68. The molecule has 1 amide bonds. The quantitative estimate of drug-likeness (QED) is 0.270. The summed E-state index contributed by atoms with van der Waals surface area (Å²) in [4.78, 5) is 43.5. The summed E-state index contributed by atoms with van der Waals surface area (Å²) >= 11 is 1.63. The van der Waals surface area contributed by atoms with E-state index >= 15 is 4.39 Å². The molecule has 1 aliphatic carbocycles. The monoisotopic (exact) mass is 608 g/mol. The zero-order chi connectivity index (χ0) is 31.2. The first-order chi connectivity index (χ1) is 20.2. The predicted octanol–water partition coefficient (Wildman–Crippen LogP) is 3.34. The van der Waals surface area contributed by atoms with Crippen molar-refractivity contribution in [2.75, 3.05) is 0 Å². The molecule has 2 unspecified atom stereocenters. The maximum absolute atomic E-state index is 15.4. The molecule has 2 aromatic heterocycles. The average molecular weight is 609 g/mol. The predicted molar refractivity (Wildman–Crippen MR) is 163 cm³/mol. The summed E-state index contributed by atoms with van der Waals surface area (Å²) < 4.78 is 21.6. The number of aliphatic hydroxyl groups is 1. The summed E-state index contributed by atoms with van der Waals surface area (Å²) in [5.41, 5.74) is 15.1. The van der Waals surface area contributed by atoms with Gasteiger partial charge in [0.1, 0.15) is 12.4 Å². The van der Waals surface area contributed by atoms with E-state index in [-0.39, 0.29) is 53.2 Å². The van der Waals surface area contributed by atoms with E-state index in [0.717, 1.165) is 22.1 Å². The van der Waals surface area contributed by atoms with E-state index in [1.807, 2.05) is 6.92 Å². The van der Waals surface area contributed by atoms with E-state index < -0.39 is 28.3 Å². The lowest BCUT2D eigenvalue weighted by molar-refractivity contribution is -0.172. The molecule has 3 aromatic rings. The van der Waals surface area contributed by atoms with Gasteiger partial charge in [-0.15, -0.1) is 0 Å². The topological polar surface area (TPSA) is 151 Å². The van der Waals surface area contributed by atoms with E-state index in [9.17, 15) is 19.5 Å². The molecule has 0 bridgehead atoms. The highest BCUT2D eigenvalue weighted by atomic mass is 32.2. The van der Waals surface area contributed by atoms with Crippen molar-refractivity contribution in [1.82, 2.24) is 9.55 Å². The number of hydrogen-bond acceptors (Lipinski definition) is 8. The van der Waals surface area contributed by atoms with Gasteiger partial charge in [-0.25, -0.2) is 14.2 Å². The van der Waals surface area contributed by atoms with Crippen LogP contribution in [0, 0.1) is 18.7 Å². The lowest BCUT2D eigenvalue weighted by Gasteiger charge is -2.39. The standard InChI is InChI=1S/C32H37FN4O5S/c1-6-32(41)21-9-24-26-19(12-37(24)29(39)20(21)13-42-30(32)40)18-8-16(11-31(5,43-14(2)3)27(34)28(35)38)7-17-15(4)22(33)10-23(36-26)25(17)18/h9-10,14,16,27,41H,6-8,11-13,34H2,1-5H3,(H2,35,38)/t16?,27-,31?,32-/m0/s1. The molecule has 6 rings (SSSR count). The molecule has 4 heterocycles. The number of amides is 1. The van der Waals surface area contributed by atoms with Crippen LogP contribution in [-0.4, -0.2) is 42.6 Å². The number of rotatable bonds is 7. The van der Waals surface area contributed by atoms with Crippen molar-refractivity contribution in [3.63, 3.8) is 0 Å². The van der Waals surface area contributed by atoms with Crippen molar-refractivity contribution in [3.05, 3.63) is 61.7 Å². The number of ether oxygens (including phenoxy) is 1. The number of carbonyl (C=O) groups excluding carboxylic acids is 2. The van der Waals surface area contributed by atoms with Crippen LogP contribution >= 0.6 is 11.8 Å². The van der Waals surface area contributed by atoms with Crippen molar-refractivity contribution in [2.45, 2.75) is 95.1 Å². The second-order valence-electron chi connectivity index (χ2n) is 12.7. The van der Waals surface area contributed by atoms with Crippen LogP contribution in [0.5, 0.6) is 0 Å². The van der Waals surface area contributed by atoms with Gasteiger partial charge in [-0.3, -0.25) is 9.59 Å². The van der Waals surface area contributed by atoms with Gasteiger partial charge in [0.05, 0.1) is 35.1 Å². The Morgan fingerprint density at radius 2 is 1.95 bits per heavy atom.